The van der Waals surface area contributed by atoms with Gasteiger partial charge in [0.1, 0.15) is 5.75 Å². The number of carbonyl (C=O) groups is 1. The number of alkyl carbamates (subject to hydrolysis) is 1. The molecule has 9 heteroatoms. The van der Waals surface area contributed by atoms with Crippen molar-refractivity contribution in [2.24, 2.45) is 0 Å². The van der Waals surface area contributed by atoms with Crippen LogP contribution in [0.4, 0.5) is 14.9 Å². The Bertz CT molecular complexity index is 945. The van der Waals surface area contributed by atoms with Crippen LogP contribution in [0.15, 0.2) is 36.7 Å². The lowest BCUT2D eigenvalue weighted by molar-refractivity contribution is -0.385. The summed E-state index contributed by atoms with van der Waals surface area (Å²) in [6.45, 7) is 5.28. The fourth-order valence-corrected chi connectivity index (χ4v) is 1.94. The molecule has 1 aromatic carbocycles. The van der Waals surface area contributed by atoms with Gasteiger partial charge in [0.05, 0.1) is 16.6 Å². The molecular formula is C19H18FN3O5. The van der Waals surface area contributed by atoms with Crippen LogP contribution in [0.2, 0.25) is 0 Å². The van der Waals surface area contributed by atoms with Crippen molar-refractivity contribution < 1.29 is 23.6 Å². The molecule has 0 atom stereocenters. The van der Waals surface area contributed by atoms with E-state index >= 15 is 0 Å². The quantitative estimate of drug-likeness (QED) is 0.486. The molecule has 0 bridgehead atoms. The second kappa shape index (κ2) is 8.81. The van der Waals surface area contributed by atoms with E-state index in [1.54, 1.807) is 0 Å². The zero-order valence-corrected chi connectivity index (χ0v) is 15.5. The molecule has 0 fully saturated rings. The average Bonchev–Trinajstić information content (AvgIpc) is 2.60. The molecule has 8 nitrogen and oxygen atoms in total. The first-order chi connectivity index (χ1) is 13.2. The summed E-state index contributed by atoms with van der Waals surface area (Å²) in [7, 11) is 0. The number of pyridine rings is 1. The first-order valence-electron chi connectivity index (χ1n) is 8.15. The monoisotopic (exact) mass is 387 g/mol. The molecule has 146 valence electrons. The second-order valence-electron chi connectivity index (χ2n) is 6.60. The summed E-state index contributed by atoms with van der Waals surface area (Å²) in [5.41, 5.74) is -0.477. The van der Waals surface area contributed by atoms with Gasteiger partial charge in [-0.15, -0.1) is 0 Å². The molecule has 0 saturated heterocycles. The molecule has 2 rings (SSSR count). The highest BCUT2D eigenvalue weighted by Gasteiger charge is 2.14. The number of ether oxygens (including phenoxy) is 2. The number of hydrogen-bond acceptors (Lipinski definition) is 6. The maximum absolute atomic E-state index is 14.0. The number of non-ortho nitro benzene ring substituents is 1. The van der Waals surface area contributed by atoms with Crippen molar-refractivity contribution >= 4 is 11.8 Å². The lowest BCUT2D eigenvalue weighted by Gasteiger charge is -2.19. The number of rotatable bonds is 4. The summed E-state index contributed by atoms with van der Waals surface area (Å²) in [5.74, 6) is 4.50. The maximum atomic E-state index is 14.0. The van der Waals surface area contributed by atoms with Crippen LogP contribution in [-0.4, -0.2) is 28.1 Å². The van der Waals surface area contributed by atoms with Gasteiger partial charge >= 0.3 is 6.09 Å². The predicted molar refractivity (Wildman–Crippen MR) is 98.5 cm³/mol. The number of halogens is 1. The summed E-state index contributed by atoms with van der Waals surface area (Å²) >= 11 is 0. The molecule has 0 aliphatic rings. The van der Waals surface area contributed by atoms with E-state index in [0.717, 1.165) is 18.2 Å². The van der Waals surface area contributed by atoms with E-state index in [0.29, 0.717) is 5.56 Å². The van der Waals surface area contributed by atoms with Crippen LogP contribution >= 0.6 is 0 Å². The second-order valence-corrected chi connectivity index (χ2v) is 6.60. The van der Waals surface area contributed by atoms with Crippen LogP contribution < -0.4 is 10.1 Å². The van der Waals surface area contributed by atoms with Crippen LogP contribution in [0.3, 0.4) is 0 Å². The minimum atomic E-state index is -0.882. The first kappa shape index (κ1) is 20.6. The van der Waals surface area contributed by atoms with Crippen LogP contribution in [-0.2, 0) is 4.74 Å². The number of nitro benzene ring substituents is 1. The average molecular weight is 387 g/mol. The Labute approximate surface area is 160 Å². The lowest BCUT2D eigenvalue weighted by Crippen LogP contribution is -2.40. The molecule has 2 aromatic rings. The number of nitrogens with zero attached hydrogens (tertiary/aromatic N) is 2. The van der Waals surface area contributed by atoms with E-state index in [-0.39, 0.29) is 23.8 Å². The minimum Gasteiger partial charge on any atom is -0.453 e. The summed E-state index contributed by atoms with van der Waals surface area (Å²) in [4.78, 5) is 25.5. The van der Waals surface area contributed by atoms with Gasteiger partial charge in [0.25, 0.3) is 5.69 Å². The van der Waals surface area contributed by atoms with E-state index in [2.05, 4.69) is 22.1 Å². The Morgan fingerprint density at radius 2 is 2.07 bits per heavy atom. The molecule has 1 N–H and O–H groups in total. The summed E-state index contributed by atoms with van der Waals surface area (Å²) in [5, 5.41) is 13.3. The molecule has 0 radical (unpaired) electrons. The topological polar surface area (TPSA) is 104 Å². The normalized spacial score (nSPS) is 10.4. The number of benzene rings is 1. The number of carbonyl (C=O) groups excluding carboxylic acids is 1. The molecule has 1 amide bonds. The fraction of sp³-hybridized carbons (Fsp3) is 0.263. The number of nitrogens with one attached hydrogen (secondary N) is 1. The van der Waals surface area contributed by atoms with Crippen molar-refractivity contribution in [2.75, 3.05) is 6.61 Å². The Morgan fingerprint density at radius 3 is 2.71 bits per heavy atom. The standard InChI is InChI=1S/C19H18FN3O5/c1-19(2,3)22-18(24)27-10-4-5-13-12-21-9-8-16(13)28-17-7-6-14(23(25)26)11-15(17)20/h6-9,11-12H,10H2,1-3H3,(H,22,24). The van der Waals surface area contributed by atoms with Gasteiger partial charge in [-0.1, -0.05) is 11.8 Å². The Hall–Kier alpha value is -3.67. The van der Waals surface area contributed by atoms with Crippen molar-refractivity contribution in [3.05, 3.63) is 58.2 Å². The fourth-order valence-electron chi connectivity index (χ4n) is 1.94. The van der Waals surface area contributed by atoms with Gasteiger partial charge in [-0.3, -0.25) is 15.1 Å². The molecule has 1 aromatic heterocycles. The molecule has 0 aliphatic carbocycles. The van der Waals surface area contributed by atoms with Gasteiger partial charge in [0.15, 0.2) is 18.2 Å². The summed E-state index contributed by atoms with van der Waals surface area (Å²) < 4.78 is 24.4. The van der Waals surface area contributed by atoms with Crippen LogP contribution in [0.1, 0.15) is 26.3 Å². The number of aromatic nitrogens is 1. The highest BCUT2D eigenvalue weighted by molar-refractivity contribution is 5.68. The minimum absolute atomic E-state index is 0.165. The largest absolute Gasteiger partial charge is 0.453 e. The number of hydrogen-bond donors (Lipinski definition) is 1. The van der Waals surface area contributed by atoms with Crippen molar-refractivity contribution in [3.63, 3.8) is 0 Å². The first-order valence-corrected chi connectivity index (χ1v) is 8.15. The summed E-state index contributed by atoms with van der Waals surface area (Å²) in [6.07, 6.45) is 2.23. The van der Waals surface area contributed by atoms with Crippen molar-refractivity contribution in [2.45, 2.75) is 26.3 Å². The van der Waals surface area contributed by atoms with Crippen LogP contribution in [0, 0.1) is 27.8 Å². The van der Waals surface area contributed by atoms with Crippen molar-refractivity contribution in [3.8, 4) is 23.3 Å². The Morgan fingerprint density at radius 1 is 1.32 bits per heavy atom. The van der Waals surface area contributed by atoms with Gasteiger partial charge < -0.3 is 14.8 Å². The van der Waals surface area contributed by atoms with Crippen LogP contribution in [0.25, 0.3) is 0 Å². The van der Waals surface area contributed by atoms with Gasteiger partial charge in [-0.2, -0.15) is 0 Å². The highest BCUT2D eigenvalue weighted by atomic mass is 19.1. The van der Waals surface area contributed by atoms with Gasteiger partial charge in [0.2, 0.25) is 0 Å². The Balaban J connectivity index is 2.08. The van der Waals surface area contributed by atoms with Gasteiger partial charge in [-0.25, -0.2) is 9.18 Å². The van der Waals surface area contributed by atoms with Crippen molar-refractivity contribution in [1.29, 1.82) is 0 Å². The molecule has 0 aliphatic heterocycles. The SMILES string of the molecule is CC(C)(C)NC(=O)OCC#Cc1cnccc1Oc1ccc([N+](=O)[O-])cc1F. The van der Waals surface area contributed by atoms with E-state index in [1.807, 2.05) is 20.8 Å². The number of nitro groups is 1. The third-order valence-corrected chi connectivity index (χ3v) is 3.10. The molecular weight excluding hydrogens is 369 g/mol. The maximum Gasteiger partial charge on any atom is 0.408 e. The molecule has 0 spiro atoms. The molecule has 1 heterocycles. The zero-order chi connectivity index (χ0) is 20.7. The van der Waals surface area contributed by atoms with E-state index in [1.165, 1.54) is 18.5 Å². The highest BCUT2D eigenvalue weighted by Crippen LogP contribution is 2.28. The third-order valence-electron chi connectivity index (χ3n) is 3.10. The lowest BCUT2D eigenvalue weighted by atomic mass is 10.1. The van der Waals surface area contributed by atoms with E-state index in [9.17, 15) is 19.3 Å². The molecule has 28 heavy (non-hydrogen) atoms. The summed E-state index contributed by atoms with van der Waals surface area (Å²) in [6, 6.07) is 4.53. The zero-order valence-electron chi connectivity index (χ0n) is 15.5. The molecule has 0 saturated carbocycles. The smallest absolute Gasteiger partial charge is 0.408 e. The third kappa shape index (κ3) is 6.25. The van der Waals surface area contributed by atoms with Crippen molar-refractivity contribution in [1.82, 2.24) is 10.3 Å². The van der Waals surface area contributed by atoms with Gasteiger partial charge in [-0.05, 0) is 26.8 Å². The van der Waals surface area contributed by atoms with E-state index in [4.69, 9.17) is 9.47 Å². The predicted octanol–water partition coefficient (Wildman–Crippen LogP) is 3.80. The molecule has 0 unspecified atom stereocenters. The van der Waals surface area contributed by atoms with Gasteiger partial charge in [0, 0.05) is 30.1 Å². The number of amides is 1. The Kier molecular flexibility index (Phi) is 6.50. The van der Waals surface area contributed by atoms with Crippen LogP contribution in [0.5, 0.6) is 11.5 Å². The van der Waals surface area contributed by atoms with E-state index < -0.39 is 22.4 Å².